The molecule has 0 spiro atoms. The molecule has 2 heterocycles. The average molecular weight is 386 g/mol. The summed E-state index contributed by atoms with van der Waals surface area (Å²) in [5, 5.41) is 11.9. The van der Waals surface area contributed by atoms with E-state index in [0.717, 1.165) is 48.6 Å². The average Bonchev–Trinajstić information content (AvgIpc) is 2.80. The number of nitrogens with zero attached hydrogens (tertiary/aromatic N) is 3. The summed E-state index contributed by atoms with van der Waals surface area (Å²) in [5.74, 6) is 0.854. The molecule has 1 aromatic heterocycles. The van der Waals surface area contributed by atoms with Gasteiger partial charge in [-0.3, -0.25) is 4.79 Å². The van der Waals surface area contributed by atoms with Crippen LogP contribution in [0.3, 0.4) is 0 Å². The van der Waals surface area contributed by atoms with Crippen molar-refractivity contribution in [2.45, 2.75) is 26.2 Å². The molecule has 0 saturated carbocycles. The first-order valence-corrected chi connectivity index (χ1v) is 10.3. The van der Waals surface area contributed by atoms with E-state index in [0.29, 0.717) is 6.54 Å². The van der Waals surface area contributed by atoms with Crippen molar-refractivity contribution in [3.05, 3.63) is 72.3 Å². The van der Waals surface area contributed by atoms with Crippen LogP contribution in [-0.2, 0) is 11.2 Å². The van der Waals surface area contributed by atoms with Gasteiger partial charge in [0.15, 0.2) is 5.82 Å². The van der Waals surface area contributed by atoms with Crippen LogP contribution < -0.4 is 10.2 Å². The summed E-state index contributed by atoms with van der Waals surface area (Å²) in [7, 11) is 0. The lowest BCUT2D eigenvalue weighted by Gasteiger charge is -2.32. The third kappa shape index (κ3) is 4.62. The number of aryl methyl sites for hydroxylation is 1. The fourth-order valence-corrected chi connectivity index (χ4v) is 3.72. The minimum Gasteiger partial charge on any atom is -0.354 e. The van der Waals surface area contributed by atoms with Crippen molar-refractivity contribution in [1.29, 1.82) is 0 Å². The number of carbonyl (C=O) groups is 1. The summed E-state index contributed by atoms with van der Waals surface area (Å²) in [4.78, 5) is 14.9. The smallest absolute Gasteiger partial charge is 0.229 e. The summed E-state index contributed by atoms with van der Waals surface area (Å²) in [6, 6.07) is 22.1. The van der Waals surface area contributed by atoms with Gasteiger partial charge in [-0.2, -0.15) is 0 Å². The predicted molar refractivity (Wildman–Crippen MR) is 117 cm³/mol. The van der Waals surface area contributed by atoms with Gasteiger partial charge >= 0.3 is 0 Å². The van der Waals surface area contributed by atoms with Crippen LogP contribution in [0.5, 0.6) is 0 Å². The maximum absolute atomic E-state index is 12.8. The molecule has 1 atom stereocenters. The standard InChI is InChI=1S/C24H26N4O/c1-2-18-10-12-21(13-11-18)25-24(29)20-9-6-16-28(17-20)23-15-14-22(26-27-23)19-7-4-3-5-8-19/h3-5,7-8,10-15,20H,2,6,9,16-17H2,1H3,(H,25,29)/t20-/m0/s1. The number of hydrogen-bond donors (Lipinski definition) is 1. The highest BCUT2D eigenvalue weighted by Crippen LogP contribution is 2.24. The fraction of sp³-hybridized carbons (Fsp3) is 0.292. The Morgan fingerprint density at radius 3 is 2.52 bits per heavy atom. The molecular weight excluding hydrogens is 360 g/mol. The Hall–Kier alpha value is -3.21. The summed E-state index contributed by atoms with van der Waals surface area (Å²) < 4.78 is 0. The summed E-state index contributed by atoms with van der Waals surface area (Å²) in [6.07, 6.45) is 2.86. The van der Waals surface area contributed by atoms with Gasteiger partial charge in [0.1, 0.15) is 0 Å². The first-order chi connectivity index (χ1) is 14.2. The maximum atomic E-state index is 12.8. The Bertz CT molecular complexity index is 939. The van der Waals surface area contributed by atoms with Crippen LogP contribution in [0.2, 0.25) is 0 Å². The van der Waals surface area contributed by atoms with Gasteiger partial charge in [-0.1, -0.05) is 49.4 Å². The van der Waals surface area contributed by atoms with Crippen molar-refractivity contribution in [3.63, 3.8) is 0 Å². The molecule has 2 aromatic carbocycles. The molecule has 0 radical (unpaired) electrons. The molecule has 1 aliphatic rings. The minimum atomic E-state index is -0.0507. The van der Waals surface area contributed by atoms with Crippen LogP contribution in [0.15, 0.2) is 66.7 Å². The molecule has 3 aromatic rings. The van der Waals surface area contributed by atoms with Crippen molar-refractivity contribution >= 4 is 17.4 Å². The van der Waals surface area contributed by atoms with Crippen molar-refractivity contribution in [3.8, 4) is 11.3 Å². The highest BCUT2D eigenvalue weighted by atomic mass is 16.1. The Kier molecular flexibility index (Phi) is 5.84. The van der Waals surface area contributed by atoms with E-state index in [1.807, 2.05) is 54.6 Å². The molecule has 1 saturated heterocycles. The van der Waals surface area contributed by atoms with E-state index in [9.17, 15) is 4.79 Å². The fourth-order valence-electron chi connectivity index (χ4n) is 3.72. The topological polar surface area (TPSA) is 58.1 Å². The minimum absolute atomic E-state index is 0.0507. The maximum Gasteiger partial charge on any atom is 0.229 e. The second-order valence-electron chi connectivity index (χ2n) is 7.47. The Morgan fingerprint density at radius 1 is 1.03 bits per heavy atom. The van der Waals surface area contributed by atoms with E-state index >= 15 is 0 Å². The molecular formula is C24H26N4O. The van der Waals surface area contributed by atoms with E-state index in [4.69, 9.17) is 0 Å². The normalized spacial score (nSPS) is 16.4. The zero-order chi connectivity index (χ0) is 20.1. The molecule has 1 amide bonds. The van der Waals surface area contributed by atoms with Gasteiger partial charge in [-0.05, 0) is 49.1 Å². The number of rotatable bonds is 5. The van der Waals surface area contributed by atoms with E-state index in [1.54, 1.807) is 0 Å². The molecule has 4 rings (SSSR count). The van der Waals surface area contributed by atoms with Crippen LogP contribution in [-0.4, -0.2) is 29.2 Å². The van der Waals surface area contributed by atoms with Gasteiger partial charge in [-0.25, -0.2) is 0 Å². The quantitative estimate of drug-likeness (QED) is 0.698. The zero-order valence-electron chi connectivity index (χ0n) is 16.7. The molecule has 148 valence electrons. The summed E-state index contributed by atoms with van der Waals surface area (Å²) >= 11 is 0. The second kappa shape index (κ2) is 8.86. The summed E-state index contributed by atoms with van der Waals surface area (Å²) in [6.45, 7) is 3.69. The highest BCUT2D eigenvalue weighted by Gasteiger charge is 2.26. The SMILES string of the molecule is CCc1ccc(NC(=O)[C@H]2CCCN(c3ccc(-c4ccccc4)nn3)C2)cc1. The number of amides is 1. The number of anilines is 2. The van der Waals surface area contributed by atoms with Gasteiger partial charge in [0.25, 0.3) is 0 Å². The molecule has 1 N–H and O–H groups in total. The number of benzene rings is 2. The number of hydrogen-bond acceptors (Lipinski definition) is 4. The predicted octanol–water partition coefficient (Wildman–Crippen LogP) is 4.56. The summed E-state index contributed by atoms with van der Waals surface area (Å²) in [5.41, 5.74) is 4.04. The number of carbonyl (C=O) groups excluding carboxylic acids is 1. The lowest BCUT2D eigenvalue weighted by atomic mass is 9.97. The van der Waals surface area contributed by atoms with Crippen LogP contribution >= 0.6 is 0 Å². The first kappa shape index (κ1) is 19.1. The van der Waals surface area contributed by atoms with E-state index in [2.05, 4.69) is 39.5 Å². The molecule has 0 unspecified atom stereocenters. The van der Waals surface area contributed by atoms with E-state index in [-0.39, 0.29) is 11.8 Å². The van der Waals surface area contributed by atoms with Crippen molar-refractivity contribution in [1.82, 2.24) is 10.2 Å². The van der Waals surface area contributed by atoms with Gasteiger partial charge < -0.3 is 10.2 Å². The number of nitrogens with one attached hydrogen (secondary N) is 1. The van der Waals surface area contributed by atoms with Gasteiger partial charge in [0.2, 0.25) is 5.91 Å². The molecule has 29 heavy (non-hydrogen) atoms. The van der Waals surface area contributed by atoms with Crippen molar-refractivity contribution in [2.24, 2.45) is 5.92 Å². The molecule has 0 bridgehead atoms. The van der Waals surface area contributed by atoms with Gasteiger partial charge in [0, 0.05) is 24.3 Å². The van der Waals surface area contributed by atoms with Crippen LogP contribution in [0, 0.1) is 5.92 Å². The van der Waals surface area contributed by atoms with Gasteiger partial charge in [-0.15, -0.1) is 10.2 Å². The second-order valence-corrected chi connectivity index (χ2v) is 7.47. The number of piperidine rings is 1. The third-order valence-corrected chi connectivity index (χ3v) is 5.47. The Balaban J connectivity index is 1.40. The molecule has 1 fully saturated rings. The van der Waals surface area contributed by atoms with Crippen molar-refractivity contribution in [2.75, 3.05) is 23.3 Å². The third-order valence-electron chi connectivity index (χ3n) is 5.47. The molecule has 5 heteroatoms. The van der Waals surface area contributed by atoms with Gasteiger partial charge in [0.05, 0.1) is 11.6 Å². The van der Waals surface area contributed by atoms with E-state index in [1.165, 1.54) is 5.56 Å². The molecule has 5 nitrogen and oxygen atoms in total. The monoisotopic (exact) mass is 386 g/mol. The van der Waals surface area contributed by atoms with Crippen LogP contribution in [0.4, 0.5) is 11.5 Å². The molecule has 1 aliphatic heterocycles. The molecule has 0 aliphatic carbocycles. The van der Waals surface area contributed by atoms with Crippen LogP contribution in [0.25, 0.3) is 11.3 Å². The largest absolute Gasteiger partial charge is 0.354 e. The van der Waals surface area contributed by atoms with Crippen molar-refractivity contribution < 1.29 is 4.79 Å². The number of aromatic nitrogens is 2. The Morgan fingerprint density at radius 2 is 1.83 bits per heavy atom. The first-order valence-electron chi connectivity index (χ1n) is 10.3. The lowest BCUT2D eigenvalue weighted by molar-refractivity contribution is -0.120. The van der Waals surface area contributed by atoms with E-state index < -0.39 is 0 Å². The Labute approximate surface area is 171 Å². The van der Waals surface area contributed by atoms with Crippen LogP contribution in [0.1, 0.15) is 25.3 Å². The zero-order valence-corrected chi connectivity index (χ0v) is 16.7. The lowest BCUT2D eigenvalue weighted by Crippen LogP contribution is -2.41. The highest BCUT2D eigenvalue weighted by molar-refractivity contribution is 5.93.